The smallest absolute Gasteiger partial charge is 0.109 e. The van der Waals surface area contributed by atoms with Crippen molar-refractivity contribution in [3.63, 3.8) is 0 Å². The molecule has 1 aromatic rings. The molecule has 0 spiro atoms. The van der Waals surface area contributed by atoms with E-state index in [1.807, 2.05) is 0 Å². The molecule has 0 radical (unpaired) electrons. The lowest BCUT2D eigenvalue weighted by Gasteiger charge is -2.27. The van der Waals surface area contributed by atoms with Crippen LogP contribution in [0.15, 0.2) is 6.20 Å². The van der Waals surface area contributed by atoms with E-state index >= 15 is 0 Å². The number of imidazole rings is 1. The van der Waals surface area contributed by atoms with Gasteiger partial charge in [0, 0.05) is 37.0 Å². The highest BCUT2D eigenvalue weighted by Crippen LogP contribution is 2.20. The standard InChI is InChI=1S/C12H19N3S/c1-9-6-15-7-10(2-3-12(15)13-9)14-11-4-5-16-8-11/h6,10-11,14H,2-5,7-8H2,1H3. The van der Waals surface area contributed by atoms with Crippen LogP contribution in [-0.2, 0) is 13.0 Å². The summed E-state index contributed by atoms with van der Waals surface area (Å²) in [7, 11) is 0. The van der Waals surface area contributed by atoms with E-state index in [0.717, 1.165) is 24.7 Å². The van der Waals surface area contributed by atoms with E-state index in [9.17, 15) is 0 Å². The highest BCUT2D eigenvalue weighted by molar-refractivity contribution is 7.99. The third-order valence-electron chi connectivity index (χ3n) is 3.51. The Balaban J connectivity index is 1.63. The van der Waals surface area contributed by atoms with Crippen LogP contribution in [0, 0.1) is 6.92 Å². The van der Waals surface area contributed by atoms with Crippen molar-refractivity contribution >= 4 is 11.8 Å². The van der Waals surface area contributed by atoms with Crippen molar-refractivity contribution in [3.8, 4) is 0 Å². The molecule has 16 heavy (non-hydrogen) atoms. The lowest BCUT2D eigenvalue weighted by Crippen LogP contribution is -2.43. The summed E-state index contributed by atoms with van der Waals surface area (Å²) in [6, 6.07) is 1.41. The number of aromatic nitrogens is 2. The zero-order valence-corrected chi connectivity index (χ0v) is 10.6. The molecular weight excluding hydrogens is 218 g/mol. The molecule has 3 heterocycles. The number of hydrogen-bond donors (Lipinski definition) is 1. The molecule has 2 unspecified atom stereocenters. The lowest BCUT2D eigenvalue weighted by molar-refractivity contribution is 0.351. The second kappa shape index (κ2) is 4.41. The van der Waals surface area contributed by atoms with Crippen LogP contribution in [0.4, 0.5) is 0 Å². The Bertz CT molecular complexity index is 368. The molecule has 0 aromatic carbocycles. The van der Waals surface area contributed by atoms with Gasteiger partial charge >= 0.3 is 0 Å². The lowest BCUT2D eigenvalue weighted by atomic mass is 10.1. The van der Waals surface area contributed by atoms with E-state index in [-0.39, 0.29) is 0 Å². The largest absolute Gasteiger partial charge is 0.333 e. The molecule has 2 atom stereocenters. The quantitative estimate of drug-likeness (QED) is 0.847. The fraction of sp³-hybridized carbons (Fsp3) is 0.750. The monoisotopic (exact) mass is 237 g/mol. The Labute approximate surface area is 101 Å². The maximum atomic E-state index is 4.55. The maximum absolute atomic E-state index is 4.55. The summed E-state index contributed by atoms with van der Waals surface area (Å²) in [4.78, 5) is 4.55. The van der Waals surface area contributed by atoms with Gasteiger partial charge in [-0.2, -0.15) is 11.8 Å². The molecule has 2 aliphatic heterocycles. The van der Waals surface area contributed by atoms with Crippen molar-refractivity contribution in [2.45, 2.75) is 44.8 Å². The molecule has 0 bridgehead atoms. The Morgan fingerprint density at radius 1 is 1.44 bits per heavy atom. The van der Waals surface area contributed by atoms with Gasteiger partial charge in [-0.1, -0.05) is 0 Å². The van der Waals surface area contributed by atoms with Gasteiger partial charge in [-0.05, 0) is 25.5 Å². The molecule has 88 valence electrons. The number of thioether (sulfide) groups is 1. The molecule has 3 nitrogen and oxygen atoms in total. The van der Waals surface area contributed by atoms with Crippen LogP contribution < -0.4 is 5.32 Å². The van der Waals surface area contributed by atoms with Crippen LogP contribution in [-0.4, -0.2) is 33.1 Å². The third kappa shape index (κ3) is 2.13. The van der Waals surface area contributed by atoms with Crippen molar-refractivity contribution in [2.24, 2.45) is 0 Å². The Kier molecular flexibility index (Phi) is 2.94. The minimum Gasteiger partial charge on any atom is -0.333 e. The number of aryl methyl sites for hydroxylation is 2. The normalized spacial score (nSPS) is 29.3. The first-order valence-corrected chi connectivity index (χ1v) is 7.33. The van der Waals surface area contributed by atoms with Gasteiger partial charge in [-0.25, -0.2) is 4.98 Å². The number of rotatable bonds is 2. The molecule has 1 N–H and O–H groups in total. The Morgan fingerprint density at radius 2 is 2.38 bits per heavy atom. The summed E-state index contributed by atoms with van der Waals surface area (Å²) in [6.07, 6.45) is 5.91. The summed E-state index contributed by atoms with van der Waals surface area (Å²) in [5.74, 6) is 3.91. The second-order valence-corrected chi connectivity index (χ2v) is 6.06. The van der Waals surface area contributed by atoms with Gasteiger partial charge in [0.25, 0.3) is 0 Å². The van der Waals surface area contributed by atoms with Crippen LogP contribution in [0.1, 0.15) is 24.4 Å². The van der Waals surface area contributed by atoms with Crippen molar-refractivity contribution in [1.82, 2.24) is 14.9 Å². The van der Waals surface area contributed by atoms with Crippen LogP contribution in [0.5, 0.6) is 0 Å². The molecular formula is C12H19N3S. The number of fused-ring (bicyclic) bond motifs is 1. The predicted molar refractivity (Wildman–Crippen MR) is 67.9 cm³/mol. The van der Waals surface area contributed by atoms with E-state index in [2.05, 4.69) is 39.8 Å². The fourth-order valence-electron chi connectivity index (χ4n) is 2.72. The zero-order chi connectivity index (χ0) is 11.0. The van der Waals surface area contributed by atoms with E-state index in [0.29, 0.717) is 6.04 Å². The highest BCUT2D eigenvalue weighted by Gasteiger charge is 2.23. The average Bonchev–Trinajstić information content (AvgIpc) is 2.85. The molecule has 2 aliphatic rings. The molecule has 0 aliphatic carbocycles. The molecule has 1 saturated heterocycles. The SMILES string of the molecule is Cc1cn2c(n1)CCC(NC1CCSC1)C2. The number of hydrogen-bond acceptors (Lipinski definition) is 3. The van der Waals surface area contributed by atoms with Crippen LogP contribution in [0.25, 0.3) is 0 Å². The van der Waals surface area contributed by atoms with Gasteiger partial charge in [-0.3, -0.25) is 0 Å². The van der Waals surface area contributed by atoms with Gasteiger partial charge in [0.2, 0.25) is 0 Å². The van der Waals surface area contributed by atoms with E-state index < -0.39 is 0 Å². The summed E-state index contributed by atoms with van der Waals surface area (Å²) in [5.41, 5.74) is 1.16. The highest BCUT2D eigenvalue weighted by atomic mass is 32.2. The molecule has 1 aromatic heterocycles. The zero-order valence-electron chi connectivity index (χ0n) is 9.78. The molecule has 3 rings (SSSR count). The first-order chi connectivity index (χ1) is 7.81. The summed E-state index contributed by atoms with van der Waals surface area (Å²) < 4.78 is 2.33. The topological polar surface area (TPSA) is 29.9 Å². The van der Waals surface area contributed by atoms with Gasteiger partial charge in [-0.15, -0.1) is 0 Å². The summed E-state index contributed by atoms with van der Waals surface area (Å²) in [6.45, 7) is 3.19. The van der Waals surface area contributed by atoms with Crippen LogP contribution in [0.2, 0.25) is 0 Å². The van der Waals surface area contributed by atoms with Crippen molar-refractivity contribution in [2.75, 3.05) is 11.5 Å². The minimum atomic E-state index is 0.657. The minimum absolute atomic E-state index is 0.657. The number of nitrogens with zero attached hydrogens (tertiary/aromatic N) is 2. The summed E-state index contributed by atoms with van der Waals surface area (Å²) in [5, 5.41) is 3.80. The van der Waals surface area contributed by atoms with E-state index in [4.69, 9.17) is 0 Å². The first-order valence-electron chi connectivity index (χ1n) is 6.18. The van der Waals surface area contributed by atoms with Gasteiger partial charge < -0.3 is 9.88 Å². The fourth-order valence-corrected chi connectivity index (χ4v) is 3.89. The second-order valence-electron chi connectivity index (χ2n) is 4.91. The van der Waals surface area contributed by atoms with Gasteiger partial charge in [0.1, 0.15) is 5.82 Å². The molecule has 1 fully saturated rings. The molecule has 4 heteroatoms. The first kappa shape index (κ1) is 10.7. The van der Waals surface area contributed by atoms with Crippen molar-refractivity contribution in [3.05, 3.63) is 17.7 Å². The molecule has 0 saturated carbocycles. The van der Waals surface area contributed by atoms with Crippen molar-refractivity contribution < 1.29 is 0 Å². The predicted octanol–water partition coefficient (Wildman–Crippen LogP) is 1.60. The van der Waals surface area contributed by atoms with Crippen LogP contribution in [0.3, 0.4) is 0 Å². The average molecular weight is 237 g/mol. The Hall–Kier alpha value is -0.480. The maximum Gasteiger partial charge on any atom is 0.109 e. The van der Waals surface area contributed by atoms with Gasteiger partial charge in [0.05, 0.1) is 5.69 Å². The van der Waals surface area contributed by atoms with Crippen LogP contribution >= 0.6 is 11.8 Å². The summed E-state index contributed by atoms with van der Waals surface area (Å²) >= 11 is 2.08. The number of nitrogens with one attached hydrogen (secondary N) is 1. The van der Waals surface area contributed by atoms with E-state index in [1.54, 1.807) is 0 Å². The van der Waals surface area contributed by atoms with E-state index in [1.165, 1.54) is 30.2 Å². The van der Waals surface area contributed by atoms with Gasteiger partial charge in [0.15, 0.2) is 0 Å². The Morgan fingerprint density at radius 3 is 3.19 bits per heavy atom. The third-order valence-corrected chi connectivity index (χ3v) is 4.68. The van der Waals surface area contributed by atoms with Crippen molar-refractivity contribution in [1.29, 1.82) is 0 Å². The molecule has 0 amide bonds.